The van der Waals surface area contributed by atoms with E-state index in [1.54, 1.807) is 12.1 Å². The van der Waals surface area contributed by atoms with Crippen LogP contribution < -0.4 is 5.32 Å². The maximum Gasteiger partial charge on any atom is 0.335 e. The van der Waals surface area contributed by atoms with Gasteiger partial charge >= 0.3 is 5.97 Å². The van der Waals surface area contributed by atoms with Crippen molar-refractivity contribution in [3.05, 3.63) is 46.2 Å². The van der Waals surface area contributed by atoms with Gasteiger partial charge in [0, 0.05) is 4.88 Å². The molecule has 0 saturated carbocycles. The molecule has 1 aromatic carbocycles. The lowest BCUT2D eigenvalue weighted by atomic mass is 10.2. The van der Waals surface area contributed by atoms with Crippen LogP contribution in [0.4, 0.5) is 5.13 Å². The number of carbonyl (C=O) groups is 2. The average molecular weight is 318 g/mol. The van der Waals surface area contributed by atoms with Gasteiger partial charge in [0.25, 0.3) is 0 Å². The van der Waals surface area contributed by atoms with Gasteiger partial charge in [-0.25, -0.2) is 9.78 Å². The number of hydrogen-bond donors (Lipinski definition) is 2. The lowest BCUT2D eigenvalue weighted by molar-refractivity contribution is -0.115. The highest BCUT2D eigenvalue weighted by atomic mass is 32.1. The van der Waals surface area contributed by atoms with Crippen LogP contribution in [0.5, 0.6) is 0 Å². The van der Waals surface area contributed by atoms with Gasteiger partial charge in [-0.15, -0.1) is 11.3 Å². The SMILES string of the molecule is O=C(Cc1cccs1)Nc1nc2ccc(C(=O)O)cc2s1. The number of hydrogen-bond acceptors (Lipinski definition) is 5. The molecule has 2 N–H and O–H groups in total. The number of nitrogens with one attached hydrogen (secondary N) is 1. The van der Waals surface area contributed by atoms with Gasteiger partial charge in [-0.3, -0.25) is 4.79 Å². The highest BCUT2D eigenvalue weighted by Gasteiger charge is 2.11. The van der Waals surface area contributed by atoms with E-state index in [9.17, 15) is 9.59 Å². The molecule has 0 bridgehead atoms. The summed E-state index contributed by atoms with van der Waals surface area (Å²) in [7, 11) is 0. The summed E-state index contributed by atoms with van der Waals surface area (Å²) in [5.74, 6) is -1.11. The summed E-state index contributed by atoms with van der Waals surface area (Å²) in [6.07, 6.45) is 0.313. The summed E-state index contributed by atoms with van der Waals surface area (Å²) < 4.78 is 0.737. The number of benzene rings is 1. The molecule has 2 heterocycles. The van der Waals surface area contributed by atoms with Crippen molar-refractivity contribution in [1.29, 1.82) is 0 Å². The molecule has 1 amide bonds. The second kappa shape index (κ2) is 5.63. The summed E-state index contributed by atoms with van der Waals surface area (Å²) in [5.41, 5.74) is 0.888. The van der Waals surface area contributed by atoms with Crippen LogP contribution in [0.25, 0.3) is 10.2 Å². The predicted molar refractivity (Wildman–Crippen MR) is 83.2 cm³/mol. The Morgan fingerprint density at radius 1 is 1.29 bits per heavy atom. The Bertz CT molecular complexity index is 809. The van der Waals surface area contributed by atoms with E-state index in [-0.39, 0.29) is 11.5 Å². The van der Waals surface area contributed by atoms with E-state index in [2.05, 4.69) is 10.3 Å². The lowest BCUT2D eigenvalue weighted by Gasteiger charge is -1.98. The van der Waals surface area contributed by atoms with Gasteiger partial charge < -0.3 is 10.4 Å². The minimum Gasteiger partial charge on any atom is -0.478 e. The molecule has 7 heteroatoms. The normalized spacial score (nSPS) is 10.7. The number of thiazole rings is 1. The van der Waals surface area contributed by atoms with Crippen molar-refractivity contribution in [3.63, 3.8) is 0 Å². The third-order valence-corrected chi connectivity index (χ3v) is 4.61. The second-order valence-corrected chi connectivity index (χ2v) is 6.37. The zero-order valence-corrected chi connectivity index (χ0v) is 12.3. The largest absolute Gasteiger partial charge is 0.478 e. The lowest BCUT2D eigenvalue weighted by Crippen LogP contribution is -2.13. The Hall–Kier alpha value is -2.25. The number of nitrogens with zero attached hydrogens (tertiary/aromatic N) is 1. The number of carbonyl (C=O) groups excluding carboxylic acids is 1. The first-order valence-electron chi connectivity index (χ1n) is 6.08. The maximum atomic E-state index is 11.9. The molecule has 3 rings (SSSR count). The van der Waals surface area contributed by atoms with Crippen LogP contribution in [-0.2, 0) is 11.2 Å². The standard InChI is InChI=1S/C14H10N2O3S2/c17-12(7-9-2-1-5-20-9)16-14-15-10-4-3-8(13(18)19)6-11(10)21-14/h1-6H,7H2,(H,18,19)(H,15,16,17). The van der Waals surface area contributed by atoms with Gasteiger partial charge in [-0.2, -0.15) is 0 Å². The minimum atomic E-state index is -0.978. The molecular weight excluding hydrogens is 308 g/mol. The number of aromatic carboxylic acids is 1. The molecule has 2 aromatic heterocycles. The fourth-order valence-electron chi connectivity index (χ4n) is 1.85. The van der Waals surface area contributed by atoms with Crippen LogP contribution in [0, 0.1) is 0 Å². The number of carboxylic acid groups (broad SMARTS) is 1. The molecule has 21 heavy (non-hydrogen) atoms. The predicted octanol–water partition coefficient (Wildman–Crippen LogP) is 3.24. The first kappa shape index (κ1) is 13.7. The average Bonchev–Trinajstić information content (AvgIpc) is 3.05. The van der Waals surface area contributed by atoms with E-state index in [1.165, 1.54) is 28.7 Å². The number of rotatable bonds is 4. The number of fused-ring (bicyclic) bond motifs is 1. The van der Waals surface area contributed by atoms with Crippen molar-refractivity contribution < 1.29 is 14.7 Å². The third kappa shape index (κ3) is 3.09. The minimum absolute atomic E-state index is 0.130. The Labute approximate surface area is 127 Å². The summed E-state index contributed by atoms with van der Waals surface area (Å²) in [5, 5.41) is 14.1. The summed E-state index contributed by atoms with van der Waals surface area (Å²) in [6, 6.07) is 8.51. The van der Waals surface area contributed by atoms with Gasteiger partial charge in [0.15, 0.2) is 5.13 Å². The molecule has 0 aliphatic heterocycles. The van der Waals surface area contributed by atoms with E-state index < -0.39 is 5.97 Å². The molecular formula is C14H10N2O3S2. The quantitative estimate of drug-likeness (QED) is 0.774. The van der Waals surface area contributed by atoms with Crippen LogP contribution in [0.1, 0.15) is 15.2 Å². The second-order valence-electron chi connectivity index (χ2n) is 4.31. The fourth-order valence-corrected chi connectivity index (χ4v) is 3.47. The van der Waals surface area contributed by atoms with E-state index in [4.69, 9.17) is 5.11 Å². The molecule has 5 nitrogen and oxygen atoms in total. The maximum absolute atomic E-state index is 11.9. The summed E-state index contributed by atoms with van der Waals surface area (Å²) in [6.45, 7) is 0. The number of anilines is 1. The fraction of sp³-hybridized carbons (Fsp3) is 0.0714. The Morgan fingerprint density at radius 3 is 2.86 bits per heavy atom. The number of thiophene rings is 1. The summed E-state index contributed by atoms with van der Waals surface area (Å²) in [4.78, 5) is 28.1. The first-order chi connectivity index (χ1) is 10.1. The topological polar surface area (TPSA) is 79.3 Å². The third-order valence-electron chi connectivity index (χ3n) is 2.80. The molecule has 0 unspecified atom stereocenters. The van der Waals surface area contributed by atoms with Crippen molar-refractivity contribution in [2.24, 2.45) is 0 Å². The number of aromatic nitrogens is 1. The van der Waals surface area contributed by atoms with Crippen molar-refractivity contribution in [1.82, 2.24) is 4.98 Å². The molecule has 0 aliphatic rings. The van der Waals surface area contributed by atoms with E-state index in [0.29, 0.717) is 17.1 Å². The van der Waals surface area contributed by atoms with E-state index >= 15 is 0 Å². The molecule has 3 aromatic rings. The Morgan fingerprint density at radius 2 is 2.14 bits per heavy atom. The van der Waals surface area contributed by atoms with Crippen LogP contribution in [0.2, 0.25) is 0 Å². The first-order valence-corrected chi connectivity index (χ1v) is 7.77. The summed E-state index contributed by atoms with van der Waals surface area (Å²) >= 11 is 2.80. The van der Waals surface area contributed by atoms with Gasteiger partial charge in [-0.1, -0.05) is 17.4 Å². The molecule has 106 valence electrons. The van der Waals surface area contributed by atoms with Crippen molar-refractivity contribution in [3.8, 4) is 0 Å². The van der Waals surface area contributed by atoms with Crippen LogP contribution >= 0.6 is 22.7 Å². The van der Waals surface area contributed by atoms with E-state index in [0.717, 1.165) is 9.58 Å². The van der Waals surface area contributed by atoms with E-state index in [1.807, 2.05) is 17.5 Å². The van der Waals surface area contributed by atoms with Crippen LogP contribution in [0.3, 0.4) is 0 Å². The van der Waals surface area contributed by atoms with Gasteiger partial charge in [0.05, 0.1) is 22.2 Å². The molecule has 0 radical (unpaired) electrons. The molecule has 0 spiro atoms. The molecule has 0 saturated heterocycles. The Kier molecular flexibility index (Phi) is 3.68. The van der Waals surface area contributed by atoms with Gasteiger partial charge in [-0.05, 0) is 29.6 Å². The monoisotopic (exact) mass is 318 g/mol. The van der Waals surface area contributed by atoms with Crippen LogP contribution in [0.15, 0.2) is 35.7 Å². The highest BCUT2D eigenvalue weighted by Crippen LogP contribution is 2.27. The zero-order chi connectivity index (χ0) is 14.8. The van der Waals surface area contributed by atoms with Gasteiger partial charge in [0.2, 0.25) is 5.91 Å². The molecule has 0 aliphatic carbocycles. The molecule has 0 atom stereocenters. The van der Waals surface area contributed by atoms with Gasteiger partial charge in [0.1, 0.15) is 0 Å². The van der Waals surface area contributed by atoms with Crippen LogP contribution in [-0.4, -0.2) is 22.0 Å². The van der Waals surface area contributed by atoms with Crippen molar-refractivity contribution in [2.45, 2.75) is 6.42 Å². The zero-order valence-electron chi connectivity index (χ0n) is 10.7. The smallest absolute Gasteiger partial charge is 0.335 e. The Balaban J connectivity index is 1.78. The van der Waals surface area contributed by atoms with Crippen molar-refractivity contribution in [2.75, 3.05) is 5.32 Å². The highest BCUT2D eigenvalue weighted by molar-refractivity contribution is 7.22. The number of amides is 1. The van der Waals surface area contributed by atoms with Crippen molar-refractivity contribution >= 4 is 49.9 Å². The number of carboxylic acids is 1. The molecule has 0 fully saturated rings.